The molecule has 0 heterocycles. The number of hydrogen-bond acceptors (Lipinski definition) is 0. The number of aryl methyl sites for hydroxylation is 1. The van der Waals surface area contributed by atoms with Crippen LogP contribution in [0, 0.1) is 11.8 Å². The van der Waals surface area contributed by atoms with Crippen LogP contribution in [0.5, 0.6) is 0 Å². The van der Waals surface area contributed by atoms with Gasteiger partial charge in [0.15, 0.2) is 0 Å². The van der Waals surface area contributed by atoms with Crippen molar-refractivity contribution in [1.82, 2.24) is 0 Å². The summed E-state index contributed by atoms with van der Waals surface area (Å²) in [5.41, 5.74) is 1.47. The van der Waals surface area contributed by atoms with Gasteiger partial charge in [0, 0.05) is 0 Å². The Morgan fingerprint density at radius 3 is 2.15 bits per heavy atom. The summed E-state index contributed by atoms with van der Waals surface area (Å²) in [4.78, 5) is 0. The van der Waals surface area contributed by atoms with E-state index in [4.69, 9.17) is 0 Å². The van der Waals surface area contributed by atoms with E-state index in [9.17, 15) is 0 Å². The zero-order chi connectivity index (χ0) is 9.68. The highest BCUT2D eigenvalue weighted by atomic mass is 14.1. The molecule has 0 aromatic heterocycles. The molecule has 0 spiro atoms. The second kappa shape index (κ2) is 5.06. The van der Waals surface area contributed by atoms with Crippen LogP contribution in [0.4, 0.5) is 0 Å². The van der Waals surface area contributed by atoms with Gasteiger partial charge in [-0.2, -0.15) is 0 Å². The van der Waals surface area contributed by atoms with Crippen molar-refractivity contribution in [3.05, 3.63) is 35.9 Å². The fourth-order valence-electron chi connectivity index (χ4n) is 1.37. The minimum Gasteiger partial charge on any atom is -0.0625 e. The van der Waals surface area contributed by atoms with Gasteiger partial charge >= 0.3 is 0 Å². The SMILES string of the molecule is CC(C)[C@@H](C)CCc1ccccc1. The Morgan fingerprint density at radius 2 is 1.62 bits per heavy atom. The predicted octanol–water partition coefficient (Wildman–Crippen LogP) is 3.91. The topological polar surface area (TPSA) is 0 Å². The first kappa shape index (κ1) is 10.3. The van der Waals surface area contributed by atoms with Crippen LogP contribution in [0.2, 0.25) is 0 Å². The zero-order valence-electron chi connectivity index (χ0n) is 8.96. The first-order chi connectivity index (χ1) is 6.20. The molecule has 1 rings (SSSR count). The highest BCUT2D eigenvalue weighted by molar-refractivity contribution is 5.14. The highest BCUT2D eigenvalue weighted by Gasteiger charge is 2.06. The molecule has 0 unspecified atom stereocenters. The average Bonchev–Trinajstić information content (AvgIpc) is 2.15. The summed E-state index contributed by atoms with van der Waals surface area (Å²) in [6.45, 7) is 6.94. The quantitative estimate of drug-likeness (QED) is 0.652. The second-order valence-electron chi connectivity index (χ2n) is 4.25. The molecule has 0 aliphatic carbocycles. The van der Waals surface area contributed by atoms with Crippen molar-refractivity contribution in [2.75, 3.05) is 0 Å². The van der Waals surface area contributed by atoms with Crippen LogP contribution in [0.1, 0.15) is 32.8 Å². The lowest BCUT2D eigenvalue weighted by molar-refractivity contribution is 0.393. The van der Waals surface area contributed by atoms with E-state index in [1.54, 1.807) is 0 Å². The second-order valence-corrected chi connectivity index (χ2v) is 4.25. The van der Waals surface area contributed by atoms with Crippen LogP contribution in [0.25, 0.3) is 0 Å². The summed E-state index contributed by atoms with van der Waals surface area (Å²) in [6, 6.07) is 10.8. The first-order valence-electron chi connectivity index (χ1n) is 5.24. The summed E-state index contributed by atoms with van der Waals surface area (Å²) in [5, 5.41) is 0. The average molecular weight is 176 g/mol. The lowest BCUT2D eigenvalue weighted by atomic mass is 9.91. The third-order valence-electron chi connectivity index (χ3n) is 2.87. The van der Waals surface area contributed by atoms with Gasteiger partial charge < -0.3 is 0 Å². The van der Waals surface area contributed by atoms with Gasteiger partial charge in [0.1, 0.15) is 0 Å². The molecule has 0 radical (unpaired) electrons. The Labute approximate surface area is 82.0 Å². The summed E-state index contributed by atoms with van der Waals surface area (Å²) in [7, 11) is 0. The van der Waals surface area contributed by atoms with Crippen molar-refractivity contribution in [2.45, 2.75) is 33.6 Å². The number of hydrogen-bond donors (Lipinski definition) is 0. The molecule has 0 saturated carbocycles. The molecule has 0 amide bonds. The van der Waals surface area contributed by atoms with Crippen LogP contribution in [0.15, 0.2) is 30.3 Å². The van der Waals surface area contributed by atoms with Gasteiger partial charge in [0.05, 0.1) is 0 Å². The Balaban J connectivity index is 2.35. The van der Waals surface area contributed by atoms with Gasteiger partial charge in [0.25, 0.3) is 0 Å². The molecule has 1 aromatic rings. The molecule has 0 N–H and O–H groups in total. The lowest BCUT2D eigenvalue weighted by Crippen LogP contribution is -2.04. The smallest absolute Gasteiger partial charge is 0.0276 e. The van der Waals surface area contributed by atoms with E-state index in [-0.39, 0.29) is 0 Å². The van der Waals surface area contributed by atoms with Gasteiger partial charge in [-0.25, -0.2) is 0 Å². The maximum Gasteiger partial charge on any atom is -0.0276 e. The van der Waals surface area contributed by atoms with E-state index in [0.717, 1.165) is 11.8 Å². The predicted molar refractivity (Wildman–Crippen MR) is 58.8 cm³/mol. The zero-order valence-corrected chi connectivity index (χ0v) is 8.96. The van der Waals surface area contributed by atoms with E-state index >= 15 is 0 Å². The van der Waals surface area contributed by atoms with Crippen molar-refractivity contribution in [3.8, 4) is 0 Å². The molecule has 0 nitrogen and oxygen atoms in total. The van der Waals surface area contributed by atoms with Crippen molar-refractivity contribution in [3.63, 3.8) is 0 Å². The van der Waals surface area contributed by atoms with Gasteiger partial charge in [0.2, 0.25) is 0 Å². The van der Waals surface area contributed by atoms with Crippen molar-refractivity contribution in [1.29, 1.82) is 0 Å². The summed E-state index contributed by atoms with van der Waals surface area (Å²) < 4.78 is 0. The third-order valence-corrected chi connectivity index (χ3v) is 2.87. The van der Waals surface area contributed by atoms with Crippen LogP contribution in [-0.2, 0) is 6.42 Å². The van der Waals surface area contributed by atoms with Gasteiger partial charge in [-0.3, -0.25) is 0 Å². The third kappa shape index (κ3) is 3.63. The lowest BCUT2D eigenvalue weighted by Gasteiger charge is -2.14. The first-order valence-corrected chi connectivity index (χ1v) is 5.24. The van der Waals surface area contributed by atoms with Crippen molar-refractivity contribution >= 4 is 0 Å². The maximum atomic E-state index is 2.34. The molecule has 1 atom stereocenters. The van der Waals surface area contributed by atoms with E-state index in [1.165, 1.54) is 18.4 Å². The highest BCUT2D eigenvalue weighted by Crippen LogP contribution is 2.16. The standard InChI is InChI=1S/C13H20/c1-11(2)12(3)9-10-13-7-5-4-6-8-13/h4-8,11-12H,9-10H2,1-3H3/t12-/m0/s1. The molecule has 0 bridgehead atoms. The molecule has 72 valence electrons. The molecule has 0 fully saturated rings. The Kier molecular flexibility index (Phi) is 4.01. The molecule has 13 heavy (non-hydrogen) atoms. The van der Waals surface area contributed by atoms with E-state index in [1.807, 2.05) is 0 Å². The van der Waals surface area contributed by atoms with Crippen LogP contribution in [0.3, 0.4) is 0 Å². The molecular formula is C13H20. The Morgan fingerprint density at radius 1 is 1.00 bits per heavy atom. The fourth-order valence-corrected chi connectivity index (χ4v) is 1.37. The Hall–Kier alpha value is -0.780. The summed E-state index contributed by atoms with van der Waals surface area (Å²) in [6.07, 6.45) is 2.53. The molecule has 1 aromatic carbocycles. The monoisotopic (exact) mass is 176 g/mol. The Bertz CT molecular complexity index is 223. The van der Waals surface area contributed by atoms with Crippen molar-refractivity contribution in [2.24, 2.45) is 11.8 Å². The molecule has 0 aliphatic rings. The minimum atomic E-state index is 0.809. The molecular weight excluding hydrogens is 156 g/mol. The van der Waals surface area contributed by atoms with E-state index in [2.05, 4.69) is 51.1 Å². The van der Waals surface area contributed by atoms with Crippen molar-refractivity contribution < 1.29 is 0 Å². The normalized spacial score (nSPS) is 13.2. The number of rotatable bonds is 4. The fraction of sp³-hybridized carbons (Fsp3) is 0.538. The van der Waals surface area contributed by atoms with E-state index in [0.29, 0.717) is 0 Å². The van der Waals surface area contributed by atoms with E-state index < -0.39 is 0 Å². The molecule has 0 heteroatoms. The van der Waals surface area contributed by atoms with Gasteiger partial charge in [-0.05, 0) is 30.2 Å². The van der Waals surface area contributed by atoms with Gasteiger partial charge in [-0.1, -0.05) is 51.1 Å². The largest absolute Gasteiger partial charge is 0.0625 e. The van der Waals surface area contributed by atoms with Gasteiger partial charge in [-0.15, -0.1) is 0 Å². The molecule has 0 aliphatic heterocycles. The number of benzene rings is 1. The maximum absolute atomic E-state index is 2.34. The minimum absolute atomic E-state index is 0.809. The molecule has 0 saturated heterocycles. The summed E-state index contributed by atoms with van der Waals surface area (Å²) >= 11 is 0. The van der Waals surface area contributed by atoms with Crippen LogP contribution < -0.4 is 0 Å². The summed E-state index contributed by atoms with van der Waals surface area (Å²) in [5.74, 6) is 1.64. The van der Waals surface area contributed by atoms with Crippen LogP contribution in [-0.4, -0.2) is 0 Å². The van der Waals surface area contributed by atoms with Crippen LogP contribution >= 0.6 is 0 Å².